The zero-order valence-electron chi connectivity index (χ0n) is 17.2. The van der Waals surface area contributed by atoms with Crippen molar-refractivity contribution in [2.45, 2.75) is 44.5 Å². The second kappa shape index (κ2) is 9.32. The number of nitrogens with one attached hydrogen (secondary N) is 2. The number of methoxy groups -OCH3 is 1. The van der Waals surface area contributed by atoms with E-state index in [4.69, 9.17) is 9.73 Å². The van der Waals surface area contributed by atoms with Gasteiger partial charge in [-0.3, -0.25) is 0 Å². The smallest absolute Gasteiger partial charge is 0.192 e. The summed E-state index contributed by atoms with van der Waals surface area (Å²) < 4.78 is 7.48. The monoisotopic (exact) mass is 402 g/mol. The van der Waals surface area contributed by atoms with Crippen LogP contribution in [-0.4, -0.2) is 44.9 Å². The number of hydrogen-bond acceptors (Lipinski definition) is 5. The molecule has 0 spiro atoms. The van der Waals surface area contributed by atoms with Gasteiger partial charge in [0.25, 0.3) is 0 Å². The van der Waals surface area contributed by atoms with Gasteiger partial charge in [-0.05, 0) is 50.1 Å². The van der Waals surface area contributed by atoms with Crippen LogP contribution in [0, 0.1) is 6.92 Å². The summed E-state index contributed by atoms with van der Waals surface area (Å²) in [4.78, 5) is 4.78. The molecule has 2 heterocycles. The molecule has 3 rings (SSSR count). The molecule has 1 aromatic carbocycles. The molecule has 1 saturated heterocycles. The lowest BCUT2D eigenvalue weighted by molar-refractivity contribution is 0.414. The molecular formula is C20H30N6OS. The van der Waals surface area contributed by atoms with Crippen LogP contribution >= 0.6 is 11.8 Å². The van der Waals surface area contributed by atoms with Crippen molar-refractivity contribution in [2.24, 2.45) is 12.0 Å². The topological polar surface area (TPSA) is 76.4 Å². The maximum atomic E-state index is 5.22. The van der Waals surface area contributed by atoms with E-state index in [-0.39, 0.29) is 4.75 Å². The molecule has 2 N–H and O–H groups in total. The highest BCUT2D eigenvalue weighted by atomic mass is 32.2. The lowest BCUT2D eigenvalue weighted by Crippen LogP contribution is -2.43. The van der Waals surface area contributed by atoms with Gasteiger partial charge in [0.1, 0.15) is 11.6 Å². The van der Waals surface area contributed by atoms with Crippen molar-refractivity contribution in [1.82, 2.24) is 25.4 Å². The highest BCUT2D eigenvalue weighted by Gasteiger charge is 2.29. The number of aliphatic imine (C=N–C) groups is 1. The molecule has 8 heteroatoms. The van der Waals surface area contributed by atoms with Gasteiger partial charge in [-0.2, -0.15) is 11.8 Å². The SMILES string of the molecule is COc1ccc(CN=C(NCc2nnc(C)n2C)NCC2(C)CCCS2)cc1. The molecule has 0 amide bonds. The molecule has 1 fully saturated rings. The average molecular weight is 403 g/mol. The normalized spacial score (nSPS) is 19.6. The van der Waals surface area contributed by atoms with Crippen molar-refractivity contribution >= 4 is 17.7 Å². The number of nitrogens with zero attached hydrogens (tertiary/aromatic N) is 4. The standard InChI is InChI=1S/C20H30N6OS/c1-15-24-25-18(26(15)3)13-22-19(23-14-20(2)10-5-11-28-20)21-12-16-6-8-17(27-4)9-7-16/h6-9H,5,10-14H2,1-4H3,(H2,21,22,23). The van der Waals surface area contributed by atoms with E-state index in [1.165, 1.54) is 18.6 Å². The Hall–Kier alpha value is -2.22. The predicted octanol–water partition coefficient (Wildman–Crippen LogP) is 2.65. The Morgan fingerprint density at radius 2 is 2.07 bits per heavy atom. The minimum Gasteiger partial charge on any atom is -0.497 e. The molecular weight excluding hydrogens is 372 g/mol. The number of hydrogen-bond donors (Lipinski definition) is 2. The van der Waals surface area contributed by atoms with Crippen molar-refractivity contribution in [3.63, 3.8) is 0 Å². The number of benzene rings is 1. The minimum absolute atomic E-state index is 0.268. The zero-order valence-corrected chi connectivity index (χ0v) is 18.0. The Morgan fingerprint density at radius 1 is 1.29 bits per heavy atom. The summed E-state index contributed by atoms with van der Waals surface area (Å²) in [6, 6.07) is 8.01. The first-order valence-electron chi connectivity index (χ1n) is 9.63. The minimum atomic E-state index is 0.268. The zero-order chi connectivity index (χ0) is 20.0. The highest BCUT2D eigenvalue weighted by Crippen LogP contribution is 2.36. The first-order valence-corrected chi connectivity index (χ1v) is 10.6. The number of rotatable bonds is 7. The molecule has 2 aromatic rings. The van der Waals surface area contributed by atoms with Crippen molar-refractivity contribution < 1.29 is 4.74 Å². The maximum Gasteiger partial charge on any atom is 0.192 e. The molecule has 0 bridgehead atoms. The van der Waals surface area contributed by atoms with E-state index in [0.29, 0.717) is 13.1 Å². The Balaban J connectivity index is 1.65. The van der Waals surface area contributed by atoms with Crippen LogP contribution in [0.15, 0.2) is 29.3 Å². The van der Waals surface area contributed by atoms with E-state index in [2.05, 4.69) is 27.8 Å². The molecule has 1 aliphatic heterocycles. The molecule has 1 unspecified atom stereocenters. The Bertz CT molecular complexity index is 796. The molecule has 0 saturated carbocycles. The van der Waals surface area contributed by atoms with Gasteiger partial charge in [-0.15, -0.1) is 10.2 Å². The first kappa shape index (κ1) is 20.5. The maximum absolute atomic E-state index is 5.22. The van der Waals surface area contributed by atoms with Crippen LogP contribution in [0.5, 0.6) is 5.75 Å². The Morgan fingerprint density at radius 3 is 2.68 bits per heavy atom. The third-order valence-electron chi connectivity index (χ3n) is 5.11. The summed E-state index contributed by atoms with van der Waals surface area (Å²) in [5.41, 5.74) is 1.14. The number of guanidine groups is 1. The third-order valence-corrected chi connectivity index (χ3v) is 6.64. The summed E-state index contributed by atoms with van der Waals surface area (Å²) in [6.07, 6.45) is 2.52. The Kier molecular flexibility index (Phi) is 6.83. The van der Waals surface area contributed by atoms with E-state index in [1.807, 2.05) is 54.6 Å². The molecule has 152 valence electrons. The lowest BCUT2D eigenvalue weighted by Gasteiger charge is -2.24. The molecule has 7 nitrogen and oxygen atoms in total. The van der Waals surface area contributed by atoms with Gasteiger partial charge < -0.3 is 19.9 Å². The number of aromatic nitrogens is 3. The van der Waals surface area contributed by atoms with Crippen molar-refractivity contribution in [3.8, 4) is 5.75 Å². The average Bonchev–Trinajstić information content (AvgIpc) is 3.28. The Labute approximate surface area is 171 Å². The van der Waals surface area contributed by atoms with E-state index in [1.54, 1.807) is 7.11 Å². The van der Waals surface area contributed by atoms with Crippen LogP contribution in [0.1, 0.15) is 37.0 Å². The van der Waals surface area contributed by atoms with Gasteiger partial charge in [-0.1, -0.05) is 12.1 Å². The summed E-state index contributed by atoms with van der Waals surface area (Å²) in [5, 5.41) is 15.3. The number of aryl methyl sites for hydroxylation is 1. The third kappa shape index (κ3) is 5.41. The van der Waals surface area contributed by atoms with Crippen molar-refractivity contribution in [3.05, 3.63) is 41.5 Å². The van der Waals surface area contributed by atoms with Crippen LogP contribution in [0.3, 0.4) is 0 Å². The molecule has 0 aliphatic carbocycles. The summed E-state index contributed by atoms with van der Waals surface area (Å²) in [7, 11) is 3.65. The van der Waals surface area contributed by atoms with Crippen molar-refractivity contribution in [2.75, 3.05) is 19.4 Å². The van der Waals surface area contributed by atoms with Gasteiger partial charge in [-0.25, -0.2) is 4.99 Å². The van der Waals surface area contributed by atoms with E-state index >= 15 is 0 Å². The van der Waals surface area contributed by atoms with Crippen molar-refractivity contribution in [1.29, 1.82) is 0 Å². The van der Waals surface area contributed by atoms with Gasteiger partial charge in [0.05, 0.1) is 20.2 Å². The van der Waals surface area contributed by atoms with Crippen LogP contribution in [0.4, 0.5) is 0 Å². The highest BCUT2D eigenvalue weighted by molar-refractivity contribution is 8.00. The predicted molar refractivity (Wildman–Crippen MR) is 115 cm³/mol. The van der Waals surface area contributed by atoms with Gasteiger partial charge in [0, 0.05) is 18.3 Å². The summed E-state index contributed by atoms with van der Waals surface area (Å²) in [5.74, 6) is 4.68. The largest absolute Gasteiger partial charge is 0.497 e. The van der Waals surface area contributed by atoms with E-state index < -0.39 is 0 Å². The van der Waals surface area contributed by atoms with Gasteiger partial charge >= 0.3 is 0 Å². The quantitative estimate of drug-likeness (QED) is 0.548. The van der Waals surface area contributed by atoms with Crippen LogP contribution < -0.4 is 15.4 Å². The second-order valence-electron chi connectivity index (χ2n) is 7.34. The number of ether oxygens (including phenoxy) is 1. The summed E-state index contributed by atoms with van der Waals surface area (Å²) >= 11 is 2.04. The fourth-order valence-corrected chi connectivity index (χ4v) is 4.33. The van der Waals surface area contributed by atoms with Crippen LogP contribution in [0.2, 0.25) is 0 Å². The lowest BCUT2D eigenvalue weighted by atomic mass is 10.1. The van der Waals surface area contributed by atoms with Gasteiger partial charge in [0.2, 0.25) is 0 Å². The molecule has 1 aliphatic rings. The fraction of sp³-hybridized carbons (Fsp3) is 0.550. The van der Waals surface area contributed by atoms with E-state index in [0.717, 1.165) is 35.5 Å². The molecule has 0 radical (unpaired) electrons. The van der Waals surface area contributed by atoms with Crippen LogP contribution in [0.25, 0.3) is 0 Å². The molecule has 1 aromatic heterocycles. The first-order chi connectivity index (χ1) is 13.5. The molecule has 1 atom stereocenters. The van der Waals surface area contributed by atoms with Crippen LogP contribution in [-0.2, 0) is 20.1 Å². The fourth-order valence-electron chi connectivity index (χ4n) is 3.09. The second-order valence-corrected chi connectivity index (χ2v) is 9.03. The number of thioether (sulfide) groups is 1. The van der Waals surface area contributed by atoms with E-state index in [9.17, 15) is 0 Å². The van der Waals surface area contributed by atoms with Gasteiger partial charge in [0.15, 0.2) is 11.8 Å². The summed E-state index contributed by atoms with van der Waals surface area (Å²) in [6.45, 7) is 6.34. The molecule has 28 heavy (non-hydrogen) atoms.